The fourth-order valence-electron chi connectivity index (χ4n) is 16.5. The first kappa shape index (κ1) is 105. The molecule has 6 aliphatic carbocycles. The lowest BCUT2D eigenvalue weighted by molar-refractivity contribution is 0.0730. The monoisotopic (exact) mass is 2180 g/mol. The standard InChI is InChI=1S/C25H16O5S2.C24H16O3S.C23H16O4S3.C23H16O4S2.C23H16O3S4/c26-16-8-5-15(6-9-16)24(27)30-21-13-20-19(11-12-22(21)32-31)23(25(28)29-20)18-10-7-14-3-1-2-4-17(14)18;25-16-9-11-17(12-10-16)28-18-5-3-7-21-22(14-18)27-24(26)23(21)20-13-8-15-4-1-2-6-19(15)20;1-13-2-4-14(5-3-13)21-17-10-11-19(30-28)20(12-18(17)27-22(21)25)29-23(26)15-6-8-16(24)9-7-15;1-13-2-4-14(5-3-13)21-17-10-11-19(28)20(12-18(17)27-22(21)25)29-23(26)15-6-8-16(24)9-7-15;1-13-2-4-14(5-3-13)21-17-10-11-19(30-28)20(12-18(17)26-22(21)24)29-23(25)15-6-8-16(27)9-7-15/h1-6,8-13,26,31H,7H2;1-7,9-14,25H,8H2;2-12,24,28H,1H3;2-12,24-25H,1H3;2-12,27-28H,1H3. The molecule has 0 atom stereocenters. The molecule has 11 aromatic carbocycles. The summed E-state index contributed by atoms with van der Waals surface area (Å²) in [6.07, 6.45) is 5.72. The van der Waals surface area contributed by atoms with Gasteiger partial charge in [-0.3, -0.25) is 14.4 Å². The molecule has 1 aromatic heterocycles. The largest absolute Gasteiger partial charge is 0.508 e. The van der Waals surface area contributed by atoms with E-state index in [2.05, 4.69) is 65.8 Å². The zero-order valence-electron chi connectivity index (χ0n) is 78.4. The highest BCUT2D eigenvalue weighted by molar-refractivity contribution is 8.69. The van der Waals surface area contributed by atoms with Gasteiger partial charge in [-0.15, -0.1) is 47.6 Å². The molecule has 10 aliphatic rings. The van der Waals surface area contributed by atoms with Crippen LogP contribution in [0.5, 0.6) is 34.7 Å². The van der Waals surface area contributed by atoms with E-state index in [-0.39, 0.29) is 61.2 Å². The molecule has 149 heavy (non-hydrogen) atoms. The maximum absolute atomic E-state index is 12.8. The average molecular weight is 2190 g/mol. The van der Waals surface area contributed by atoms with Crippen LogP contribution >= 0.6 is 139 Å². The number of thiol groups is 4. The average Bonchev–Trinajstić information content (AvgIpc) is 1.60. The Hall–Kier alpha value is -14.4. The van der Waals surface area contributed by atoms with Crippen LogP contribution in [0.2, 0.25) is 0 Å². The van der Waals surface area contributed by atoms with Crippen molar-refractivity contribution in [3.63, 3.8) is 0 Å². The molecular weight excluding hydrogens is 2110 g/mol. The van der Waals surface area contributed by atoms with Crippen LogP contribution in [0.1, 0.15) is 91.5 Å². The van der Waals surface area contributed by atoms with Gasteiger partial charge in [0.1, 0.15) is 57.4 Å². The zero-order valence-corrected chi connectivity index (χ0v) is 88.5. The van der Waals surface area contributed by atoms with Crippen molar-refractivity contribution in [3.8, 4) is 113 Å². The summed E-state index contributed by atoms with van der Waals surface area (Å²) in [5.74, 6) is 1.66. The topological polar surface area (TPSA) is 313 Å². The summed E-state index contributed by atoms with van der Waals surface area (Å²) in [5, 5.41) is 48.3. The van der Waals surface area contributed by atoms with E-state index in [0.717, 1.165) is 150 Å². The third-order valence-corrected chi connectivity index (χ3v) is 32.3. The Morgan fingerprint density at radius 2 is 0.698 bits per heavy atom. The van der Waals surface area contributed by atoms with Gasteiger partial charge in [0.05, 0.1) is 42.8 Å². The van der Waals surface area contributed by atoms with E-state index >= 15 is 0 Å². The van der Waals surface area contributed by atoms with Crippen LogP contribution in [0, 0.1) is 25.3 Å². The number of carbonyl (C=O) groups excluding carboxylic acids is 4. The van der Waals surface area contributed by atoms with E-state index in [9.17, 15) is 63.9 Å². The summed E-state index contributed by atoms with van der Waals surface area (Å²) < 4.78 is 34.0. The Morgan fingerprint density at radius 1 is 0.329 bits per heavy atom. The van der Waals surface area contributed by atoms with Crippen LogP contribution in [-0.2, 0) is 12.8 Å². The van der Waals surface area contributed by atoms with Crippen LogP contribution < -0.4 is 27.2 Å². The van der Waals surface area contributed by atoms with Crippen molar-refractivity contribution >= 4 is 183 Å². The van der Waals surface area contributed by atoms with Gasteiger partial charge in [0.15, 0.2) is 0 Å². The molecular formula is C118H80O19S12. The van der Waals surface area contributed by atoms with E-state index < -0.39 is 22.8 Å². The Bertz CT molecular complexity index is 8570. The first-order chi connectivity index (χ1) is 72.1. The van der Waals surface area contributed by atoms with Crippen molar-refractivity contribution in [1.29, 1.82) is 0 Å². The number of carbonyl (C=O) groups is 4. The first-order valence-corrected chi connectivity index (χ1v) is 55.2. The van der Waals surface area contributed by atoms with Crippen LogP contribution in [0.4, 0.5) is 0 Å². The highest BCUT2D eigenvalue weighted by Crippen LogP contribution is 2.48. The third-order valence-electron chi connectivity index (χ3n) is 24.0. The molecule has 738 valence electrons. The van der Waals surface area contributed by atoms with E-state index in [4.69, 9.17) is 39.0 Å². The lowest BCUT2D eigenvalue weighted by atomic mass is 9.97. The summed E-state index contributed by atoms with van der Waals surface area (Å²) in [5.41, 5.74) is 18.3. The smallest absolute Gasteiger partial charge is 0.344 e. The zero-order chi connectivity index (χ0) is 104. The number of hydrogen-bond donors (Lipinski definition) is 9. The van der Waals surface area contributed by atoms with Gasteiger partial charge < -0.3 is 52.4 Å². The minimum Gasteiger partial charge on any atom is -0.508 e. The summed E-state index contributed by atoms with van der Waals surface area (Å²) in [4.78, 5) is 108. The van der Waals surface area contributed by atoms with Gasteiger partial charge in [-0.05, 0) is 319 Å². The molecule has 0 unspecified atom stereocenters. The summed E-state index contributed by atoms with van der Waals surface area (Å²) in [7, 11) is 3.57. The van der Waals surface area contributed by atoms with Crippen LogP contribution in [-0.4, -0.2) is 46.8 Å². The van der Waals surface area contributed by atoms with E-state index in [1.54, 1.807) is 121 Å². The molecule has 0 spiro atoms. The number of rotatable bonds is 18. The number of thioether (sulfide) groups is 3. The number of allylic oxidation sites excluding steroid dienone is 2. The van der Waals surface area contributed by atoms with Crippen molar-refractivity contribution in [3.05, 3.63) is 470 Å². The number of ether oxygens (including phenoxy) is 1. The number of phenolic OH excluding ortho intramolecular Hbond substituents is 4. The molecule has 5 N–H and O–H groups in total. The van der Waals surface area contributed by atoms with Gasteiger partial charge in [0.2, 0.25) is 15.3 Å². The number of aromatic hydroxyl groups is 5. The van der Waals surface area contributed by atoms with Crippen molar-refractivity contribution in [1.82, 2.24) is 0 Å². The number of phenols is 4. The molecule has 12 aromatic rings. The van der Waals surface area contributed by atoms with Gasteiger partial charge in [0.25, 0.3) is 5.95 Å². The number of esters is 1. The Balaban J connectivity index is 0.000000122. The molecule has 31 heteroatoms. The predicted octanol–water partition coefficient (Wildman–Crippen LogP) is 30.8. The van der Waals surface area contributed by atoms with Gasteiger partial charge in [-0.1, -0.05) is 219 Å². The van der Waals surface area contributed by atoms with Crippen LogP contribution in [0.3, 0.4) is 0 Å². The first-order valence-electron chi connectivity index (χ1n) is 45.5. The Morgan fingerprint density at radius 3 is 1.15 bits per heavy atom. The Kier molecular flexibility index (Phi) is 32.9. The molecule has 5 heterocycles. The summed E-state index contributed by atoms with van der Waals surface area (Å²) >= 11 is 27.3. The number of hydrogen-bond acceptors (Lipinski definition) is 31. The minimum atomic E-state index is -0.602. The Labute approximate surface area is 907 Å². The fourth-order valence-corrected chi connectivity index (χ4v) is 23.3. The molecule has 0 amide bonds. The highest BCUT2D eigenvalue weighted by Gasteiger charge is 2.31. The number of fused-ring (bicyclic) bond motifs is 7. The fraction of sp³-hybridized carbons (Fsp3) is 0.0424. The van der Waals surface area contributed by atoms with Gasteiger partial charge in [0, 0.05) is 89.6 Å². The molecule has 0 radical (unpaired) electrons. The van der Waals surface area contributed by atoms with Gasteiger partial charge in [-0.25, -0.2) is 24.0 Å². The molecule has 0 saturated heterocycles. The van der Waals surface area contributed by atoms with Crippen molar-refractivity contribution in [2.75, 3.05) is 0 Å². The van der Waals surface area contributed by atoms with Gasteiger partial charge in [-0.2, -0.15) is 0 Å². The molecule has 0 bridgehead atoms. The number of furan rings is 5. The SMILES string of the molecule is Cc1ccc(-c2c(O)oc3cc(SC(=O)c4ccc(O)cc4)c(=S)ccc23)cc1.Cc1ccc(-c2c3ccc(SS)c(SC(=O)c4ccc(O)cc4)cc-3oc2=O)cc1.Cc1ccc(-c2c3ccc(SS)c(SC(=O)c4ccc(S)cc4)cc-3oc2=O)cc1.O=C(Oc1cc2oc(=O)c(C3=CCc4ccccc43)c-2ccc1SS)c1ccc(O)cc1.O=c1oc2cc(Sc3ccc(O)cc3)cccc-2c1C1=CCc2ccccc21. The van der Waals surface area contributed by atoms with E-state index in [1.807, 2.05) is 197 Å². The second-order valence-electron chi connectivity index (χ2n) is 33.8. The molecule has 0 fully saturated rings. The maximum atomic E-state index is 12.8. The number of aryl methyl sites for hydroxylation is 3. The van der Waals surface area contributed by atoms with Gasteiger partial charge >= 0.3 is 28.5 Å². The predicted molar refractivity (Wildman–Crippen MR) is 610 cm³/mol. The normalized spacial score (nSPS) is 11.6. The molecule has 4 aliphatic heterocycles. The minimum absolute atomic E-state index is 0.0508. The quantitative estimate of drug-likeness (QED) is 0.0127. The highest BCUT2D eigenvalue weighted by atomic mass is 33.1. The second-order valence-corrected chi connectivity index (χ2v) is 42.5. The lowest BCUT2D eigenvalue weighted by Gasteiger charge is -2.06. The lowest BCUT2D eigenvalue weighted by Crippen LogP contribution is -2.08. The van der Waals surface area contributed by atoms with Crippen LogP contribution in [0.15, 0.2) is 437 Å². The summed E-state index contributed by atoms with van der Waals surface area (Å²) in [6.45, 7) is 5.98. The van der Waals surface area contributed by atoms with E-state index in [0.29, 0.717) is 119 Å². The third kappa shape index (κ3) is 24.1. The second kappa shape index (κ2) is 47.0. The summed E-state index contributed by atoms with van der Waals surface area (Å²) in [6, 6.07) is 100. The van der Waals surface area contributed by atoms with Crippen LogP contribution in [0.25, 0.3) is 101 Å². The van der Waals surface area contributed by atoms with E-state index in [1.165, 1.54) is 75.7 Å². The number of benzene rings is 10. The van der Waals surface area contributed by atoms with Crippen molar-refractivity contribution in [2.45, 2.75) is 77.7 Å². The maximum Gasteiger partial charge on any atom is 0.344 e. The van der Waals surface area contributed by atoms with Crippen molar-refractivity contribution in [2.24, 2.45) is 0 Å². The van der Waals surface area contributed by atoms with Crippen molar-refractivity contribution < 1.29 is 71.5 Å². The molecule has 0 saturated carbocycles. The molecule has 19 nitrogen and oxygen atoms in total. The molecule has 22 rings (SSSR count).